The van der Waals surface area contributed by atoms with Crippen LogP contribution >= 0.6 is 0 Å². The Morgan fingerprint density at radius 1 is 1.07 bits per heavy atom. The van der Waals surface area contributed by atoms with Gasteiger partial charge in [-0.05, 0) is 74.7 Å². The molecule has 0 aliphatic rings. The van der Waals surface area contributed by atoms with E-state index in [1.54, 1.807) is 13.2 Å². The van der Waals surface area contributed by atoms with Crippen LogP contribution in [-0.2, 0) is 11.4 Å². The molecule has 0 radical (unpaired) electrons. The number of ether oxygens (including phenoxy) is 2. The van der Waals surface area contributed by atoms with E-state index in [0.717, 1.165) is 33.8 Å². The first-order chi connectivity index (χ1) is 14.4. The molecule has 0 saturated carbocycles. The Bertz CT molecular complexity index is 1060. The summed E-state index contributed by atoms with van der Waals surface area (Å²) in [7, 11) is 1.58. The predicted molar refractivity (Wildman–Crippen MR) is 117 cm³/mol. The lowest BCUT2D eigenvalue weighted by Gasteiger charge is -2.11. The van der Waals surface area contributed by atoms with Gasteiger partial charge in [-0.25, -0.2) is 0 Å². The van der Waals surface area contributed by atoms with Crippen molar-refractivity contribution in [2.75, 3.05) is 12.4 Å². The van der Waals surface area contributed by atoms with Crippen LogP contribution in [0.2, 0.25) is 0 Å². The minimum Gasteiger partial charge on any atom is -0.493 e. The molecule has 1 heterocycles. The lowest BCUT2D eigenvalue weighted by molar-refractivity contribution is -0.111. The van der Waals surface area contributed by atoms with Gasteiger partial charge in [0.15, 0.2) is 11.5 Å². The fourth-order valence-corrected chi connectivity index (χ4v) is 2.94. The van der Waals surface area contributed by atoms with Crippen molar-refractivity contribution >= 4 is 17.7 Å². The number of amides is 1. The maximum atomic E-state index is 12.2. The second-order valence-electron chi connectivity index (χ2n) is 7.12. The lowest BCUT2D eigenvalue weighted by Crippen LogP contribution is -2.07. The smallest absolute Gasteiger partial charge is 0.248 e. The Morgan fingerprint density at radius 2 is 1.87 bits per heavy atom. The zero-order valence-corrected chi connectivity index (χ0v) is 17.9. The van der Waals surface area contributed by atoms with Gasteiger partial charge in [0.1, 0.15) is 12.4 Å². The Balaban J connectivity index is 1.66. The van der Waals surface area contributed by atoms with Crippen LogP contribution < -0.4 is 14.8 Å². The molecule has 1 aromatic heterocycles. The molecule has 0 aliphatic carbocycles. The van der Waals surface area contributed by atoms with Crippen LogP contribution in [0.1, 0.15) is 33.7 Å². The molecular formula is C24H26N2O4. The zero-order valence-electron chi connectivity index (χ0n) is 17.9. The molecule has 0 aliphatic heterocycles. The van der Waals surface area contributed by atoms with Crippen molar-refractivity contribution in [3.8, 4) is 11.5 Å². The van der Waals surface area contributed by atoms with Crippen molar-refractivity contribution < 1.29 is 18.8 Å². The van der Waals surface area contributed by atoms with E-state index in [0.29, 0.717) is 18.1 Å². The van der Waals surface area contributed by atoms with E-state index in [1.807, 2.05) is 64.1 Å². The molecule has 0 unspecified atom stereocenters. The van der Waals surface area contributed by atoms with E-state index in [1.165, 1.54) is 11.6 Å². The number of nitrogens with one attached hydrogen (secondary N) is 1. The van der Waals surface area contributed by atoms with E-state index in [-0.39, 0.29) is 5.91 Å². The third kappa shape index (κ3) is 5.08. The third-order valence-electron chi connectivity index (χ3n) is 4.94. The molecule has 1 N–H and O–H groups in total. The van der Waals surface area contributed by atoms with Crippen LogP contribution in [0.15, 0.2) is 47.0 Å². The van der Waals surface area contributed by atoms with Crippen molar-refractivity contribution in [3.05, 3.63) is 76.2 Å². The molecule has 0 fully saturated rings. The van der Waals surface area contributed by atoms with E-state index < -0.39 is 0 Å². The molecule has 156 valence electrons. The highest BCUT2D eigenvalue weighted by Crippen LogP contribution is 2.30. The molecule has 3 rings (SSSR count). The number of carbonyl (C=O) groups is 1. The fraction of sp³-hybridized carbons (Fsp3) is 0.250. The molecule has 2 aromatic carbocycles. The van der Waals surface area contributed by atoms with Gasteiger partial charge in [-0.1, -0.05) is 17.3 Å². The van der Waals surface area contributed by atoms with Crippen molar-refractivity contribution in [2.45, 2.75) is 34.3 Å². The number of aromatic nitrogens is 1. The molecule has 6 heteroatoms. The van der Waals surface area contributed by atoms with Gasteiger partial charge >= 0.3 is 0 Å². The standard InChI is InChI=1S/C24H26N2O4/c1-15-6-9-20(12-16(15)2)25-24(27)11-8-19-7-10-22(23(13-19)28-5)29-14-21-17(3)26-30-18(21)4/h6-13H,14H2,1-5H3,(H,25,27)/b11-8+. The largest absolute Gasteiger partial charge is 0.493 e. The van der Waals surface area contributed by atoms with Crippen molar-refractivity contribution in [3.63, 3.8) is 0 Å². The minimum atomic E-state index is -0.198. The van der Waals surface area contributed by atoms with Crippen LogP contribution in [0.3, 0.4) is 0 Å². The number of anilines is 1. The maximum Gasteiger partial charge on any atom is 0.248 e. The molecule has 3 aromatic rings. The normalized spacial score (nSPS) is 11.0. The summed E-state index contributed by atoms with van der Waals surface area (Å²) in [4.78, 5) is 12.2. The summed E-state index contributed by atoms with van der Waals surface area (Å²) < 4.78 is 16.5. The average Bonchev–Trinajstić information content (AvgIpc) is 3.05. The number of carbonyl (C=O) groups excluding carboxylic acids is 1. The van der Waals surface area contributed by atoms with E-state index in [9.17, 15) is 4.79 Å². The van der Waals surface area contributed by atoms with Crippen molar-refractivity contribution in [2.24, 2.45) is 0 Å². The first-order valence-electron chi connectivity index (χ1n) is 9.66. The Labute approximate surface area is 176 Å². The quantitative estimate of drug-likeness (QED) is 0.550. The number of aryl methyl sites for hydroxylation is 4. The Hall–Kier alpha value is -3.54. The summed E-state index contributed by atoms with van der Waals surface area (Å²) in [5.41, 5.74) is 5.64. The number of rotatable bonds is 7. The van der Waals surface area contributed by atoms with Crippen LogP contribution in [0.4, 0.5) is 5.69 Å². The highest BCUT2D eigenvalue weighted by atomic mass is 16.5. The summed E-state index contributed by atoms with van der Waals surface area (Å²) in [5.74, 6) is 1.73. The second-order valence-corrected chi connectivity index (χ2v) is 7.12. The summed E-state index contributed by atoms with van der Waals surface area (Å²) in [5, 5.41) is 6.80. The molecule has 0 spiro atoms. The van der Waals surface area contributed by atoms with Gasteiger partial charge < -0.3 is 19.3 Å². The second kappa shape index (κ2) is 9.31. The number of nitrogens with zero attached hydrogens (tertiary/aromatic N) is 1. The van der Waals surface area contributed by atoms with Crippen LogP contribution in [-0.4, -0.2) is 18.2 Å². The van der Waals surface area contributed by atoms with Crippen LogP contribution in [0, 0.1) is 27.7 Å². The molecular weight excluding hydrogens is 380 g/mol. The first-order valence-corrected chi connectivity index (χ1v) is 9.66. The van der Waals surface area contributed by atoms with Crippen molar-refractivity contribution in [1.82, 2.24) is 5.16 Å². The number of hydrogen-bond acceptors (Lipinski definition) is 5. The van der Waals surface area contributed by atoms with Gasteiger partial charge in [0.05, 0.1) is 18.4 Å². The predicted octanol–water partition coefficient (Wildman–Crippen LogP) is 5.15. The number of methoxy groups -OCH3 is 1. The summed E-state index contributed by atoms with van der Waals surface area (Å²) in [6, 6.07) is 11.3. The van der Waals surface area contributed by atoms with Gasteiger partial charge in [0, 0.05) is 11.8 Å². The monoisotopic (exact) mass is 406 g/mol. The molecule has 0 bridgehead atoms. The van der Waals surface area contributed by atoms with Crippen LogP contribution in [0.5, 0.6) is 11.5 Å². The molecule has 0 atom stereocenters. The third-order valence-corrected chi connectivity index (χ3v) is 4.94. The number of benzene rings is 2. The maximum absolute atomic E-state index is 12.2. The molecule has 30 heavy (non-hydrogen) atoms. The Kier molecular flexibility index (Phi) is 6.57. The summed E-state index contributed by atoms with van der Waals surface area (Å²) in [6.07, 6.45) is 3.23. The topological polar surface area (TPSA) is 73.6 Å². The first kappa shape index (κ1) is 21.2. The van der Waals surface area contributed by atoms with Gasteiger partial charge in [-0.15, -0.1) is 0 Å². The summed E-state index contributed by atoms with van der Waals surface area (Å²) in [6.45, 7) is 8.12. The zero-order chi connectivity index (χ0) is 21.7. The van der Waals surface area contributed by atoms with Gasteiger partial charge in [-0.2, -0.15) is 0 Å². The average molecular weight is 406 g/mol. The van der Waals surface area contributed by atoms with Crippen molar-refractivity contribution in [1.29, 1.82) is 0 Å². The molecule has 0 saturated heterocycles. The number of hydrogen-bond donors (Lipinski definition) is 1. The SMILES string of the molecule is COc1cc(/C=C/C(=O)Nc2ccc(C)c(C)c2)ccc1OCc1c(C)noc1C. The van der Waals surface area contributed by atoms with Gasteiger partial charge in [0.25, 0.3) is 0 Å². The fourth-order valence-electron chi connectivity index (χ4n) is 2.94. The van der Waals surface area contributed by atoms with Crippen LogP contribution in [0.25, 0.3) is 6.08 Å². The highest BCUT2D eigenvalue weighted by molar-refractivity contribution is 6.02. The highest BCUT2D eigenvalue weighted by Gasteiger charge is 2.12. The molecule has 1 amide bonds. The Morgan fingerprint density at radius 3 is 2.53 bits per heavy atom. The van der Waals surface area contributed by atoms with E-state index >= 15 is 0 Å². The molecule has 6 nitrogen and oxygen atoms in total. The lowest BCUT2D eigenvalue weighted by atomic mass is 10.1. The van der Waals surface area contributed by atoms with Gasteiger partial charge in [-0.3, -0.25) is 4.79 Å². The van der Waals surface area contributed by atoms with E-state index in [4.69, 9.17) is 14.0 Å². The minimum absolute atomic E-state index is 0.198. The van der Waals surface area contributed by atoms with Gasteiger partial charge in [0.2, 0.25) is 5.91 Å². The van der Waals surface area contributed by atoms with E-state index in [2.05, 4.69) is 10.5 Å². The summed E-state index contributed by atoms with van der Waals surface area (Å²) >= 11 is 0.